The highest BCUT2D eigenvalue weighted by atomic mass is 16.3. The van der Waals surface area contributed by atoms with Crippen molar-refractivity contribution < 1.29 is 9.90 Å². The molecule has 0 saturated carbocycles. The largest absolute Gasteiger partial charge is 0.508 e. The SMILES string of the molecule is CCC(C)N(C)CCNC(=O)c1cccc(O)c1C. The lowest BCUT2D eigenvalue weighted by Gasteiger charge is -2.23. The van der Waals surface area contributed by atoms with Gasteiger partial charge in [0.25, 0.3) is 5.91 Å². The second-order valence-electron chi connectivity index (χ2n) is 4.94. The number of nitrogens with one attached hydrogen (secondary N) is 1. The van der Waals surface area contributed by atoms with E-state index in [1.165, 1.54) is 0 Å². The van der Waals surface area contributed by atoms with Crippen LogP contribution >= 0.6 is 0 Å². The lowest BCUT2D eigenvalue weighted by Crippen LogP contribution is -2.37. The first-order chi connectivity index (χ1) is 8.97. The van der Waals surface area contributed by atoms with Crippen molar-refractivity contribution in [2.24, 2.45) is 0 Å². The molecule has 0 spiro atoms. The van der Waals surface area contributed by atoms with Crippen LogP contribution in [0.2, 0.25) is 0 Å². The molecule has 1 unspecified atom stereocenters. The molecule has 19 heavy (non-hydrogen) atoms. The predicted molar refractivity (Wildman–Crippen MR) is 77.6 cm³/mol. The van der Waals surface area contributed by atoms with E-state index in [9.17, 15) is 9.90 Å². The molecule has 1 aromatic carbocycles. The Labute approximate surface area is 115 Å². The summed E-state index contributed by atoms with van der Waals surface area (Å²) >= 11 is 0. The van der Waals surface area contributed by atoms with Gasteiger partial charge in [-0.15, -0.1) is 0 Å². The van der Waals surface area contributed by atoms with Crippen LogP contribution in [0, 0.1) is 6.92 Å². The van der Waals surface area contributed by atoms with Gasteiger partial charge in [0, 0.05) is 30.3 Å². The molecule has 1 amide bonds. The summed E-state index contributed by atoms with van der Waals surface area (Å²) in [5.41, 5.74) is 1.15. The van der Waals surface area contributed by atoms with Gasteiger partial charge in [0.2, 0.25) is 0 Å². The topological polar surface area (TPSA) is 52.6 Å². The number of phenols is 1. The van der Waals surface area contributed by atoms with Gasteiger partial charge in [-0.05, 0) is 39.4 Å². The molecule has 0 aliphatic carbocycles. The molecule has 0 aliphatic heterocycles. The highest BCUT2D eigenvalue weighted by molar-refractivity contribution is 5.96. The van der Waals surface area contributed by atoms with Crippen LogP contribution in [0.25, 0.3) is 0 Å². The number of rotatable bonds is 6. The third-order valence-electron chi connectivity index (χ3n) is 3.64. The summed E-state index contributed by atoms with van der Waals surface area (Å²) in [6.07, 6.45) is 1.09. The van der Waals surface area contributed by atoms with Crippen molar-refractivity contribution in [3.63, 3.8) is 0 Å². The van der Waals surface area contributed by atoms with Gasteiger partial charge >= 0.3 is 0 Å². The number of benzene rings is 1. The molecule has 4 nitrogen and oxygen atoms in total. The average molecular weight is 264 g/mol. The van der Waals surface area contributed by atoms with Crippen molar-refractivity contribution in [3.05, 3.63) is 29.3 Å². The van der Waals surface area contributed by atoms with Crippen molar-refractivity contribution in [2.75, 3.05) is 20.1 Å². The van der Waals surface area contributed by atoms with E-state index >= 15 is 0 Å². The summed E-state index contributed by atoms with van der Waals surface area (Å²) in [4.78, 5) is 14.2. The molecule has 1 rings (SSSR count). The monoisotopic (exact) mass is 264 g/mol. The van der Waals surface area contributed by atoms with Crippen molar-refractivity contribution >= 4 is 5.91 Å². The minimum Gasteiger partial charge on any atom is -0.508 e. The molecular weight excluding hydrogens is 240 g/mol. The fourth-order valence-corrected chi connectivity index (χ4v) is 1.84. The van der Waals surface area contributed by atoms with Crippen LogP contribution in [0.5, 0.6) is 5.75 Å². The van der Waals surface area contributed by atoms with E-state index in [0.717, 1.165) is 13.0 Å². The van der Waals surface area contributed by atoms with Gasteiger partial charge in [-0.1, -0.05) is 13.0 Å². The van der Waals surface area contributed by atoms with E-state index in [1.54, 1.807) is 25.1 Å². The molecule has 0 heterocycles. The molecule has 1 atom stereocenters. The summed E-state index contributed by atoms with van der Waals surface area (Å²) in [5, 5.41) is 12.5. The number of carbonyl (C=O) groups excluding carboxylic acids is 1. The Kier molecular flexibility index (Phi) is 5.83. The van der Waals surface area contributed by atoms with E-state index in [-0.39, 0.29) is 11.7 Å². The summed E-state index contributed by atoms with van der Waals surface area (Å²) in [6, 6.07) is 5.51. The Hall–Kier alpha value is -1.55. The predicted octanol–water partition coefficient (Wildman–Crippen LogP) is 2.16. The Morgan fingerprint density at radius 3 is 2.79 bits per heavy atom. The van der Waals surface area contributed by atoms with Crippen molar-refractivity contribution in [3.8, 4) is 5.75 Å². The van der Waals surface area contributed by atoms with Crippen LogP contribution in [0.4, 0.5) is 0 Å². The third kappa shape index (κ3) is 4.24. The van der Waals surface area contributed by atoms with Crippen LogP contribution in [-0.4, -0.2) is 42.1 Å². The summed E-state index contributed by atoms with van der Waals surface area (Å²) in [7, 11) is 2.06. The summed E-state index contributed by atoms with van der Waals surface area (Å²) in [6.45, 7) is 7.49. The standard InChI is InChI=1S/C15H24N2O2/c1-5-11(2)17(4)10-9-16-15(19)13-7-6-8-14(18)12(13)3/h6-8,11,18H,5,9-10H2,1-4H3,(H,16,19). The van der Waals surface area contributed by atoms with Gasteiger partial charge in [0.15, 0.2) is 0 Å². The molecule has 0 aliphatic rings. The minimum atomic E-state index is -0.133. The number of aromatic hydroxyl groups is 1. The van der Waals surface area contributed by atoms with Gasteiger partial charge in [0.05, 0.1) is 0 Å². The average Bonchev–Trinajstić information content (AvgIpc) is 2.40. The van der Waals surface area contributed by atoms with Gasteiger partial charge in [-0.2, -0.15) is 0 Å². The second-order valence-corrected chi connectivity index (χ2v) is 4.94. The van der Waals surface area contributed by atoms with E-state index < -0.39 is 0 Å². The first-order valence-corrected chi connectivity index (χ1v) is 6.74. The van der Waals surface area contributed by atoms with Crippen LogP contribution < -0.4 is 5.32 Å². The summed E-state index contributed by atoms with van der Waals surface area (Å²) in [5.74, 6) is 0.0234. The number of amides is 1. The molecule has 0 radical (unpaired) electrons. The molecule has 0 saturated heterocycles. The molecule has 0 aromatic heterocycles. The summed E-state index contributed by atoms with van der Waals surface area (Å²) < 4.78 is 0. The first-order valence-electron chi connectivity index (χ1n) is 6.74. The Morgan fingerprint density at radius 1 is 1.47 bits per heavy atom. The maximum Gasteiger partial charge on any atom is 0.251 e. The number of likely N-dealkylation sites (N-methyl/N-ethyl adjacent to an activating group) is 1. The van der Waals surface area contributed by atoms with Gasteiger partial charge in [-0.25, -0.2) is 0 Å². The maximum atomic E-state index is 12.0. The zero-order valence-corrected chi connectivity index (χ0v) is 12.2. The Bertz CT molecular complexity index is 432. The number of phenolic OH excluding ortho intramolecular Hbond substituents is 1. The van der Waals surface area contributed by atoms with Gasteiger partial charge < -0.3 is 15.3 Å². The Morgan fingerprint density at radius 2 is 2.16 bits per heavy atom. The molecule has 1 aromatic rings. The number of nitrogens with zero attached hydrogens (tertiary/aromatic N) is 1. The number of hydrogen-bond acceptors (Lipinski definition) is 3. The fraction of sp³-hybridized carbons (Fsp3) is 0.533. The quantitative estimate of drug-likeness (QED) is 0.828. The first kappa shape index (κ1) is 15.5. The van der Waals surface area contributed by atoms with Crippen LogP contribution in [0.3, 0.4) is 0 Å². The second kappa shape index (κ2) is 7.14. The molecule has 4 heteroatoms. The molecule has 0 fully saturated rings. The van der Waals surface area contributed by atoms with Crippen molar-refractivity contribution in [1.82, 2.24) is 10.2 Å². The molecule has 2 N–H and O–H groups in total. The third-order valence-corrected chi connectivity index (χ3v) is 3.64. The highest BCUT2D eigenvalue weighted by Crippen LogP contribution is 2.19. The zero-order valence-electron chi connectivity index (χ0n) is 12.2. The Balaban J connectivity index is 2.50. The fourth-order valence-electron chi connectivity index (χ4n) is 1.84. The van der Waals surface area contributed by atoms with Gasteiger partial charge in [0.1, 0.15) is 5.75 Å². The lowest BCUT2D eigenvalue weighted by atomic mass is 10.1. The molecular formula is C15H24N2O2. The molecule has 106 valence electrons. The highest BCUT2D eigenvalue weighted by Gasteiger charge is 2.11. The zero-order chi connectivity index (χ0) is 14.4. The molecule has 0 bridgehead atoms. The van der Waals surface area contributed by atoms with E-state index in [1.807, 2.05) is 0 Å². The van der Waals surface area contributed by atoms with Crippen molar-refractivity contribution in [1.29, 1.82) is 0 Å². The van der Waals surface area contributed by atoms with Crippen LogP contribution in [0.1, 0.15) is 36.2 Å². The van der Waals surface area contributed by atoms with Crippen molar-refractivity contribution in [2.45, 2.75) is 33.2 Å². The van der Waals surface area contributed by atoms with E-state index in [2.05, 4.69) is 31.1 Å². The number of carbonyl (C=O) groups is 1. The number of hydrogen-bond donors (Lipinski definition) is 2. The smallest absolute Gasteiger partial charge is 0.251 e. The van der Waals surface area contributed by atoms with Crippen LogP contribution in [0.15, 0.2) is 18.2 Å². The lowest BCUT2D eigenvalue weighted by molar-refractivity contribution is 0.0946. The van der Waals surface area contributed by atoms with E-state index in [4.69, 9.17) is 0 Å². The van der Waals surface area contributed by atoms with E-state index in [0.29, 0.717) is 23.7 Å². The van der Waals surface area contributed by atoms with Crippen LogP contribution in [-0.2, 0) is 0 Å². The van der Waals surface area contributed by atoms with Gasteiger partial charge in [-0.3, -0.25) is 4.79 Å². The normalized spacial score (nSPS) is 12.5. The minimum absolute atomic E-state index is 0.133. The maximum absolute atomic E-state index is 12.0.